The quantitative estimate of drug-likeness (QED) is 0.183. The topological polar surface area (TPSA) is 51.8 Å². The molecule has 0 unspecified atom stereocenters. The fourth-order valence-electron chi connectivity index (χ4n) is 7.05. The highest BCUT2D eigenvalue weighted by atomic mass is 16.3. The second-order valence-electron chi connectivity index (χ2n) is 12.5. The maximum absolute atomic E-state index is 6.41. The molecule has 0 radical (unpaired) electrons. The molecular weight excluding hydrogens is 599 g/mol. The van der Waals surface area contributed by atoms with Gasteiger partial charge in [0.05, 0.1) is 0 Å². The molecule has 0 aliphatic heterocycles. The smallest absolute Gasteiger partial charge is 0.164 e. The van der Waals surface area contributed by atoms with E-state index in [0.29, 0.717) is 17.5 Å². The Kier molecular flexibility index (Phi) is 6.15. The lowest BCUT2D eigenvalue weighted by atomic mass is 9.97. The summed E-state index contributed by atoms with van der Waals surface area (Å²) in [6.45, 7) is 0. The van der Waals surface area contributed by atoms with E-state index >= 15 is 0 Å². The van der Waals surface area contributed by atoms with E-state index in [0.717, 1.165) is 44.0 Å². The van der Waals surface area contributed by atoms with Gasteiger partial charge >= 0.3 is 0 Å². The number of fused-ring (bicyclic) bond motifs is 8. The predicted octanol–water partition coefficient (Wildman–Crippen LogP) is 11.9. The van der Waals surface area contributed by atoms with Gasteiger partial charge in [0.1, 0.15) is 11.2 Å². The van der Waals surface area contributed by atoms with Gasteiger partial charge in [-0.05, 0) is 74.5 Å². The van der Waals surface area contributed by atoms with Crippen molar-refractivity contribution in [2.24, 2.45) is 0 Å². The first-order valence-electron chi connectivity index (χ1n) is 16.4. The van der Waals surface area contributed by atoms with Crippen molar-refractivity contribution in [1.29, 1.82) is 0 Å². The molecule has 4 nitrogen and oxygen atoms in total. The summed E-state index contributed by atoms with van der Waals surface area (Å²) in [5, 5.41) is 9.23. The lowest BCUT2D eigenvalue weighted by Gasteiger charge is -2.10. The van der Waals surface area contributed by atoms with Crippen molar-refractivity contribution in [2.75, 3.05) is 0 Å². The maximum atomic E-state index is 6.41. The van der Waals surface area contributed by atoms with Crippen molar-refractivity contribution in [1.82, 2.24) is 15.0 Å². The van der Waals surface area contributed by atoms with Crippen LogP contribution < -0.4 is 0 Å². The molecule has 49 heavy (non-hydrogen) atoms. The highest BCUT2D eigenvalue weighted by Gasteiger charge is 2.17. The number of nitrogens with zero attached hydrogens (tertiary/aromatic N) is 3. The van der Waals surface area contributed by atoms with E-state index in [-0.39, 0.29) is 0 Å². The minimum atomic E-state index is 0.615. The molecule has 0 aliphatic carbocycles. The van der Waals surface area contributed by atoms with Crippen LogP contribution in [-0.4, -0.2) is 15.0 Å². The molecule has 2 heterocycles. The van der Waals surface area contributed by atoms with Crippen LogP contribution in [0.4, 0.5) is 0 Å². The monoisotopic (exact) mass is 625 g/mol. The number of benzene rings is 8. The van der Waals surface area contributed by atoms with Crippen LogP contribution in [0.15, 0.2) is 168 Å². The van der Waals surface area contributed by atoms with E-state index in [4.69, 9.17) is 19.4 Å². The summed E-state index contributed by atoms with van der Waals surface area (Å²) in [5.41, 5.74) is 6.87. The number of aromatic nitrogens is 3. The summed E-state index contributed by atoms with van der Waals surface area (Å²) >= 11 is 0. The van der Waals surface area contributed by atoms with Crippen molar-refractivity contribution in [3.05, 3.63) is 164 Å². The summed E-state index contributed by atoms with van der Waals surface area (Å²) in [7, 11) is 0. The van der Waals surface area contributed by atoms with Gasteiger partial charge in [-0.2, -0.15) is 0 Å². The van der Waals surface area contributed by atoms with E-state index in [9.17, 15) is 0 Å². The summed E-state index contributed by atoms with van der Waals surface area (Å²) in [5.74, 6) is 1.88. The molecule has 0 fully saturated rings. The van der Waals surface area contributed by atoms with E-state index in [1.54, 1.807) is 0 Å². The van der Waals surface area contributed by atoms with Crippen LogP contribution >= 0.6 is 0 Å². The Morgan fingerprint density at radius 3 is 1.61 bits per heavy atom. The van der Waals surface area contributed by atoms with Crippen LogP contribution in [0, 0.1) is 0 Å². The number of furan rings is 1. The number of rotatable bonds is 4. The van der Waals surface area contributed by atoms with Crippen molar-refractivity contribution in [2.45, 2.75) is 0 Å². The van der Waals surface area contributed by atoms with Crippen LogP contribution in [0.1, 0.15) is 0 Å². The Morgan fingerprint density at radius 1 is 0.306 bits per heavy atom. The lowest BCUT2D eigenvalue weighted by Crippen LogP contribution is -2.00. The van der Waals surface area contributed by atoms with Gasteiger partial charge in [0.15, 0.2) is 17.5 Å². The third-order valence-corrected chi connectivity index (χ3v) is 9.47. The third-order valence-electron chi connectivity index (χ3n) is 9.47. The summed E-state index contributed by atoms with van der Waals surface area (Å²) in [6.07, 6.45) is 0. The number of hydrogen-bond donors (Lipinski definition) is 0. The van der Waals surface area contributed by atoms with Crippen LogP contribution in [0.2, 0.25) is 0 Å². The molecule has 0 atom stereocenters. The fraction of sp³-hybridized carbons (Fsp3) is 0. The SMILES string of the molecule is c1ccc(-c2ccc3cc(-c4nc(-c5ccccc5)nc(-c5ccc6oc7ccc8ccc9ccccc9c8c7c6c5)n4)ccc3c2)cc1. The Morgan fingerprint density at radius 2 is 0.837 bits per heavy atom. The highest BCUT2D eigenvalue weighted by molar-refractivity contribution is 6.26. The summed E-state index contributed by atoms with van der Waals surface area (Å²) in [6, 6.07) is 57.0. The summed E-state index contributed by atoms with van der Waals surface area (Å²) < 4.78 is 6.41. The van der Waals surface area contributed by atoms with E-state index in [1.807, 2.05) is 48.5 Å². The van der Waals surface area contributed by atoms with Gasteiger partial charge in [0, 0.05) is 32.8 Å². The zero-order valence-electron chi connectivity index (χ0n) is 26.3. The molecular formula is C45H27N3O. The average Bonchev–Trinajstić information content (AvgIpc) is 3.56. The molecule has 2 aromatic heterocycles. The van der Waals surface area contributed by atoms with Crippen molar-refractivity contribution in [3.63, 3.8) is 0 Å². The molecule has 4 heteroatoms. The molecule has 0 saturated carbocycles. The second-order valence-corrected chi connectivity index (χ2v) is 12.5. The van der Waals surface area contributed by atoms with Crippen LogP contribution in [0.3, 0.4) is 0 Å². The van der Waals surface area contributed by atoms with Gasteiger partial charge < -0.3 is 4.42 Å². The van der Waals surface area contributed by atoms with Crippen LogP contribution in [0.5, 0.6) is 0 Å². The van der Waals surface area contributed by atoms with Crippen LogP contribution in [0.25, 0.3) is 99.5 Å². The maximum Gasteiger partial charge on any atom is 0.164 e. The fourth-order valence-corrected chi connectivity index (χ4v) is 7.05. The first kappa shape index (κ1) is 27.5. The molecule has 0 aliphatic rings. The Hall–Kier alpha value is -6.65. The molecule has 0 N–H and O–H groups in total. The minimum absolute atomic E-state index is 0.615. The van der Waals surface area contributed by atoms with Crippen molar-refractivity contribution >= 4 is 54.3 Å². The Balaban J connectivity index is 1.16. The van der Waals surface area contributed by atoms with E-state index in [1.165, 1.54) is 38.1 Å². The number of hydrogen-bond acceptors (Lipinski definition) is 4. The highest BCUT2D eigenvalue weighted by Crippen LogP contribution is 2.40. The van der Waals surface area contributed by atoms with Gasteiger partial charge in [-0.3, -0.25) is 0 Å². The van der Waals surface area contributed by atoms with Gasteiger partial charge in [-0.1, -0.05) is 127 Å². The zero-order valence-corrected chi connectivity index (χ0v) is 26.3. The van der Waals surface area contributed by atoms with Gasteiger partial charge in [-0.15, -0.1) is 0 Å². The first-order chi connectivity index (χ1) is 24.2. The third kappa shape index (κ3) is 4.65. The summed E-state index contributed by atoms with van der Waals surface area (Å²) in [4.78, 5) is 15.1. The first-order valence-corrected chi connectivity index (χ1v) is 16.4. The average molecular weight is 626 g/mol. The van der Waals surface area contributed by atoms with Gasteiger partial charge in [-0.25, -0.2) is 15.0 Å². The molecule has 10 rings (SSSR count). The normalized spacial score (nSPS) is 11.7. The molecule has 0 saturated heterocycles. The molecule has 0 amide bonds. The van der Waals surface area contributed by atoms with E-state index in [2.05, 4.69) is 115 Å². The largest absolute Gasteiger partial charge is 0.456 e. The standard InChI is InChI=1S/C45H27N3O/c1-3-9-28(10-4-1)32-17-18-34-26-35(20-19-33(34)25-32)44-46-43(31-12-5-2-6-13-31)47-45(48-44)36-22-23-39-38(27-36)42-40(49-39)24-21-30-16-15-29-11-7-8-14-37(29)41(30)42/h1-27H. The van der Waals surface area contributed by atoms with Crippen LogP contribution in [-0.2, 0) is 0 Å². The predicted molar refractivity (Wildman–Crippen MR) is 201 cm³/mol. The van der Waals surface area contributed by atoms with E-state index < -0.39 is 0 Å². The second kappa shape index (κ2) is 11.0. The Bertz CT molecular complexity index is 2880. The Labute approximate surface area is 282 Å². The zero-order chi connectivity index (χ0) is 32.3. The molecule has 8 aromatic carbocycles. The molecule has 0 bridgehead atoms. The molecule has 10 aromatic rings. The molecule has 0 spiro atoms. The van der Waals surface area contributed by atoms with Crippen molar-refractivity contribution < 1.29 is 4.42 Å². The molecule has 228 valence electrons. The van der Waals surface area contributed by atoms with Crippen molar-refractivity contribution in [3.8, 4) is 45.3 Å². The van der Waals surface area contributed by atoms with Gasteiger partial charge in [0.25, 0.3) is 0 Å². The minimum Gasteiger partial charge on any atom is -0.456 e. The van der Waals surface area contributed by atoms with Gasteiger partial charge in [0.2, 0.25) is 0 Å². The lowest BCUT2D eigenvalue weighted by molar-refractivity contribution is 0.669.